The van der Waals surface area contributed by atoms with Crippen molar-refractivity contribution in [3.05, 3.63) is 23.3 Å². The van der Waals surface area contributed by atoms with Crippen molar-refractivity contribution in [2.24, 2.45) is 5.92 Å². The van der Waals surface area contributed by atoms with Crippen molar-refractivity contribution in [3.63, 3.8) is 0 Å². The molecule has 184 valence electrons. The minimum absolute atomic E-state index is 0.0989. The largest absolute Gasteiger partial charge is 0.493 e. The van der Waals surface area contributed by atoms with Gasteiger partial charge in [-0.15, -0.1) is 0 Å². The quantitative estimate of drug-likeness (QED) is 0.441. The summed E-state index contributed by atoms with van der Waals surface area (Å²) in [5.74, 6) is 0.0796. The molecule has 1 aromatic carbocycles. The summed E-state index contributed by atoms with van der Waals surface area (Å²) in [5, 5.41) is 0. The highest BCUT2D eigenvalue weighted by atomic mass is 32.2. The highest BCUT2D eigenvalue weighted by Gasteiger charge is 2.44. The van der Waals surface area contributed by atoms with E-state index in [9.17, 15) is 14.4 Å². The SMILES string of the molecule is COc1cc2c(cc1OC)C(C1C(=O)CCCC1=O)N(C(=O)CSC(=S)N1CCOCC1)CC2. The van der Waals surface area contributed by atoms with Crippen molar-refractivity contribution in [1.29, 1.82) is 0 Å². The second-order valence-corrected chi connectivity index (χ2v) is 10.2. The predicted molar refractivity (Wildman–Crippen MR) is 133 cm³/mol. The molecule has 10 heteroatoms. The van der Waals surface area contributed by atoms with E-state index in [4.69, 9.17) is 26.4 Å². The maximum atomic E-state index is 13.5. The predicted octanol–water partition coefficient (Wildman–Crippen LogP) is 2.42. The minimum atomic E-state index is -0.856. The van der Waals surface area contributed by atoms with E-state index in [0.29, 0.717) is 74.4 Å². The van der Waals surface area contributed by atoms with Crippen LogP contribution in [0.25, 0.3) is 0 Å². The Morgan fingerprint density at radius 3 is 2.35 bits per heavy atom. The molecule has 1 amide bonds. The standard InChI is InChI=1S/C24H30N2O6S2/c1-30-19-12-15-6-7-26(21(29)14-34-24(33)25-8-10-32-11-9-25)23(16(15)13-20(19)31-2)22-17(27)4-3-5-18(22)28/h12-13,22-23H,3-11,14H2,1-2H3. The number of hydrogen-bond donors (Lipinski definition) is 0. The Labute approximate surface area is 209 Å². The molecule has 34 heavy (non-hydrogen) atoms. The van der Waals surface area contributed by atoms with E-state index in [1.165, 1.54) is 11.8 Å². The lowest BCUT2D eigenvalue weighted by atomic mass is 9.75. The van der Waals surface area contributed by atoms with Crippen molar-refractivity contribution in [1.82, 2.24) is 9.80 Å². The van der Waals surface area contributed by atoms with Gasteiger partial charge in [-0.05, 0) is 36.1 Å². The Balaban J connectivity index is 1.62. The van der Waals surface area contributed by atoms with Crippen LogP contribution >= 0.6 is 24.0 Å². The third-order valence-corrected chi connectivity index (χ3v) is 8.19. The van der Waals surface area contributed by atoms with Gasteiger partial charge in [-0.2, -0.15) is 0 Å². The number of fused-ring (bicyclic) bond motifs is 1. The summed E-state index contributed by atoms with van der Waals surface area (Å²) in [6, 6.07) is 3.07. The lowest BCUT2D eigenvalue weighted by Crippen LogP contribution is -2.49. The molecule has 0 spiro atoms. The van der Waals surface area contributed by atoms with Gasteiger partial charge in [0, 0.05) is 32.5 Å². The average Bonchev–Trinajstić information content (AvgIpc) is 2.86. The monoisotopic (exact) mass is 506 g/mol. The first-order valence-corrected chi connectivity index (χ1v) is 12.9. The molecule has 1 saturated heterocycles. The zero-order valence-corrected chi connectivity index (χ0v) is 21.2. The maximum absolute atomic E-state index is 13.5. The molecule has 4 rings (SSSR count). The summed E-state index contributed by atoms with van der Waals surface area (Å²) >= 11 is 6.86. The van der Waals surface area contributed by atoms with Crippen molar-refractivity contribution in [2.75, 3.05) is 52.8 Å². The number of rotatable bonds is 5. The van der Waals surface area contributed by atoms with Gasteiger partial charge in [-0.25, -0.2) is 0 Å². The number of methoxy groups -OCH3 is 2. The Morgan fingerprint density at radius 2 is 1.71 bits per heavy atom. The van der Waals surface area contributed by atoms with Crippen molar-refractivity contribution < 1.29 is 28.6 Å². The molecule has 3 aliphatic rings. The van der Waals surface area contributed by atoms with Gasteiger partial charge in [0.2, 0.25) is 5.91 Å². The number of nitrogens with zero attached hydrogens (tertiary/aromatic N) is 2. The number of carbonyl (C=O) groups excluding carboxylic acids is 3. The van der Waals surface area contributed by atoms with Crippen LogP contribution in [0.4, 0.5) is 0 Å². The number of carbonyl (C=O) groups is 3. The first-order chi connectivity index (χ1) is 16.4. The van der Waals surface area contributed by atoms with Gasteiger partial charge >= 0.3 is 0 Å². The number of ether oxygens (including phenoxy) is 3. The number of ketones is 2. The fraction of sp³-hybridized carbons (Fsp3) is 0.583. The lowest BCUT2D eigenvalue weighted by molar-refractivity contribution is -0.142. The molecule has 1 atom stereocenters. The molecular formula is C24H30N2O6S2. The summed E-state index contributed by atoms with van der Waals surface area (Å²) < 4.78 is 17.0. The minimum Gasteiger partial charge on any atom is -0.493 e. The van der Waals surface area contributed by atoms with Crippen LogP contribution in [0.15, 0.2) is 12.1 Å². The maximum Gasteiger partial charge on any atom is 0.233 e. The fourth-order valence-electron chi connectivity index (χ4n) is 4.94. The van der Waals surface area contributed by atoms with Gasteiger partial charge in [0.1, 0.15) is 21.8 Å². The van der Waals surface area contributed by atoms with E-state index < -0.39 is 12.0 Å². The van der Waals surface area contributed by atoms with Crippen LogP contribution in [-0.4, -0.2) is 84.4 Å². The van der Waals surface area contributed by atoms with Crippen LogP contribution in [0, 0.1) is 5.92 Å². The van der Waals surface area contributed by atoms with Gasteiger partial charge in [-0.1, -0.05) is 24.0 Å². The fourth-order valence-corrected chi connectivity index (χ4v) is 6.08. The molecule has 2 aliphatic heterocycles. The van der Waals surface area contributed by atoms with E-state index in [-0.39, 0.29) is 23.2 Å². The van der Waals surface area contributed by atoms with E-state index in [2.05, 4.69) is 0 Å². The number of benzene rings is 1. The second kappa shape index (κ2) is 11.0. The van der Waals surface area contributed by atoms with E-state index >= 15 is 0 Å². The molecule has 2 fully saturated rings. The van der Waals surface area contributed by atoms with Crippen LogP contribution < -0.4 is 9.47 Å². The smallest absolute Gasteiger partial charge is 0.233 e. The van der Waals surface area contributed by atoms with Crippen LogP contribution in [0.5, 0.6) is 11.5 Å². The summed E-state index contributed by atoms with van der Waals surface area (Å²) in [6.07, 6.45) is 1.88. The van der Waals surface area contributed by atoms with Gasteiger partial charge in [0.05, 0.1) is 39.2 Å². The molecule has 0 radical (unpaired) electrons. The normalized spacial score (nSPS) is 21.3. The van der Waals surface area contributed by atoms with Gasteiger partial charge in [0.15, 0.2) is 11.5 Å². The Kier molecular flexibility index (Phi) is 8.10. The molecule has 2 heterocycles. The molecule has 1 aromatic rings. The number of thiocarbonyl (C=S) groups is 1. The Bertz CT molecular complexity index is 962. The Hall–Kier alpha value is -2.17. The second-order valence-electron chi connectivity index (χ2n) is 8.61. The molecule has 8 nitrogen and oxygen atoms in total. The topological polar surface area (TPSA) is 85.4 Å². The highest BCUT2D eigenvalue weighted by Crippen LogP contribution is 2.43. The van der Waals surface area contributed by atoms with Gasteiger partial charge in [-0.3, -0.25) is 14.4 Å². The number of Topliss-reactive ketones (excluding diaryl/α,β-unsaturated/α-hetero) is 2. The molecule has 0 aromatic heterocycles. The summed E-state index contributed by atoms with van der Waals surface area (Å²) in [7, 11) is 3.12. The van der Waals surface area contributed by atoms with E-state index in [1.54, 1.807) is 19.1 Å². The van der Waals surface area contributed by atoms with Crippen LogP contribution in [0.3, 0.4) is 0 Å². The number of morpholine rings is 1. The van der Waals surface area contributed by atoms with Gasteiger partial charge in [0.25, 0.3) is 0 Å². The van der Waals surface area contributed by atoms with Crippen LogP contribution in [0.1, 0.15) is 36.4 Å². The van der Waals surface area contributed by atoms with Crippen LogP contribution in [0.2, 0.25) is 0 Å². The van der Waals surface area contributed by atoms with E-state index in [0.717, 1.165) is 11.1 Å². The number of thioether (sulfide) groups is 1. The van der Waals surface area contributed by atoms with E-state index in [1.807, 2.05) is 17.0 Å². The lowest BCUT2D eigenvalue weighted by Gasteiger charge is -2.42. The first-order valence-electron chi connectivity index (χ1n) is 11.5. The van der Waals surface area contributed by atoms with Crippen LogP contribution in [-0.2, 0) is 25.5 Å². The third-order valence-electron chi connectivity index (χ3n) is 6.69. The summed E-state index contributed by atoms with van der Waals surface area (Å²) in [6.45, 7) is 3.10. The third kappa shape index (κ3) is 5.08. The summed E-state index contributed by atoms with van der Waals surface area (Å²) in [5.41, 5.74) is 1.75. The number of hydrogen-bond acceptors (Lipinski definition) is 8. The average molecular weight is 507 g/mol. The Morgan fingerprint density at radius 1 is 1.06 bits per heavy atom. The zero-order chi connectivity index (χ0) is 24.2. The molecular weight excluding hydrogens is 476 g/mol. The van der Waals surface area contributed by atoms with Crippen molar-refractivity contribution in [3.8, 4) is 11.5 Å². The van der Waals surface area contributed by atoms with Gasteiger partial charge < -0.3 is 24.0 Å². The molecule has 0 N–H and O–H groups in total. The van der Waals surface area contributed by atoms with Crippen molar-refractivity contribution >= 4 is 45.8 Å². The first kappa shape index (κ1) is 24.9. The molecule has 1 aliphatic carbocycles. The number of amides is 1. The highest BCUT2D eigenvalue weighted by molar-refractivity contribution is 8.23. The molecule has 1 saturated carbocycles. The zero-order valence-electron chi connectivity index (χ0n) is 19.5. The molecule has 1 unspecified atom stereocenters. The van der Waals surface area contributed by atoms with Crippen molar-refractivity contribution in [2.45, 2.75) is 31.7 Å². The summed E-state index contributed by atoms with van der Waals surface area (Å²) in [4.78, 5) is 43.2. The molecule has 0 bridgehead atoms.